The van der Waals surface area contributed by atoms with E-state index in [0.717, 1.165) is 16.9 Å². The highest BCUT2D eigenvalue weighted by molar-refractivity contribution is 7.92. The number of carbonyl (C=O) groups excluding carboxylic acids is 1. The minimum atomic E-state index is -3.91. The molecule has 4 rings (SSSR count). The van der Waals surface area contributed by atoms with Crippen LogP contribution in [0.5, 0.6) is 5.75 Å². The molecule has 11 heteroatoms. The number of rotatable bonds is 7. The van der Waals surface area contributed by atoms with Gasteiger partial charge in [-0.2, -0.15) is 0 Å². The summed E-state index contributed by atoms with van der Waals surface area (Å²) in [6.07, 6.45) is 0.195. The number of hydrogen-bond acceptors (Lipinski definition) is 7. The van der Waals surface area contributed by atoms with Crippen molar-refractivity contribution < 1.29 is 22.7 Å². The van der Waals surface area contributed by atoms with Gasteiger partial charge in [-0.1, -0.05) is 17.4 Å². The first-order valence-electron chi connectivity index (χ1n) is 10.4. The molecule has 9 nitrogen and oxygen atoms in total. The maximum Gasteiger partial charge on any atom is 0.308 e. The zero-order chi connectivity index (χ0) is 23.6. The fourth-order valence-electron chi connectivity index (χ4n) is 3.71. The highest BCUT2D eigenvalue weighted by Crippen LogP contribution is 2.29. The van der Waals surface area contributed by atoms with Gasteiger partial charge in [0, 0.05) is 26.1 Å². The Morgan fingerprint density at radius 1 is 1.18 bits per heavy atom. The van der Waals surface area contributed by atoms with E-state index < -0.39 is 10.0 Å². The van der Waals surface area contributed by atoms with Crippen molar-refractivity contribution >= 4 is 43.2 Å². The van der Waals surface area contributed by atoms with Gasteiger partial charge in [0.15, 0.2) is 0 Å². The van der Waals surface area contributed by atoms with E-state index in [1.807, 2.05) is 13.0 Å². The zero-order valence-electron chi connectivity index (χ0n) is 18.4. The van der Waals surface area contributed by atoms with Crippen molar-refractivity contribution in [3.8, 4) is 5.75 Å². The third-order valence-corrected chi connectivity index (χ3v) is 7.77. The van der Waals surface area contributed by atoms with Gasteiger partial charge in [-0.05, 0) is 42.8 Å². The summed E-state index contributed by atoms with van der Waals surface area (Å²) in [7, 11) is -2.43. The van der Waals surface area contributed by atoms with E-state index in [9.17, 15) is 18.0 Å². The maximum absolute atomic E-state index is 13.0. The number of sulfonamides is 1. The molecular weight excluding hydrogens is 466 g/mol. The number of amides is 1. The predicted molar refractivity (Wildman–Crippen MR) is 127 cm³/mol. The van der Waals surface area contributed by atoms with Crippen molar-refractivity contribution in [3.05, 3.63) is 51.6 Å². The number of aromatic nitrogens is 1. The Morgan fingerprint density at radius 3 is 2.67 bits per heavy atom. The number of aryl methyl sites for hydroxylation is 2. The molecule has 3 aromatic rings. The molecule has 0 radical (unpaired) electrons. The molecule has 1 fully saturated rings. The van der Waals surface area contributed by atoms with Crippen LogP contribution in [0, 0.1) is 6.92 Å². The number of methoxy groups -OCH3 is 1. The number of thiazole rings is 1. The van der Waals surface area contributed by atoms with Crippen molar-refractivity contribution in [1.29, 1.82) is 0 Å². The lowest BCUT2D eigenvalue weighted by Crippen LogP contribution is -2.41. The molecule has 0 unspecified atom stereocenters. The number of morpholine rings is 1. The number of nitrogens with zero attached hydrogens (tertiary/aromatic N) is 2. The average Bonchev–Trinajstić information content (AvgIpc) is 3.12. The normalized spacial score (nSPS) is 14.4. The number of anilines is 1. The topological polar surface area (TPSA) is 107 Å². The number of benzene rings is 2. The molecule has 0 aliphatic carbocycles. The molecule has 176 valence electrons. The average molecular weight is 492 g/mol. The van der Waals surface area contributed by atoms with E-state index in [1.165, 1.54) is 23.8 Å². The molecule has 1 aromatic heterocycles. The fourth-order valence-corrected chi connectivity index (χ4v) is 5.83. The van der Waals surface area contributed by atoms with Crippen LogP contribution < -0.4 is 14.3 Å². The first-order valence-corrected chi connectivity index (χ1v) is 12.7. The summed E-state index contributed by atoms with van der Waals surface area (Å²) < 4.78 is 41.1. The second kappa shape index (κ2) is 9.54. The smallest absolute Gasteiger partial charge is 0.308 e. The van der Waals surface area contributed by atoms with Gasteiger partial charge in [0.2, 0.25) is 5.91 Å². The van der Waals surface area contributed by atoms with Gasteiger partial charge in [0.05, 0.1) is 41.1 Å². The molecule has 1 aliphatic heterocycles. The lowest BCUT2D eigenvalue weighted by molar-refractivity contribution is -0.135. The molecule has 1 amide bonds. The number of hydrogen-bond donors (Lipinski definition) is 1. The molecule has 1 N–H and O–H groups in total. The van der Waals surface area contributed by atoms with Crippen molar-refractivity contribution in [2.45, 2.75) is 24.8 Å². The van der Waals surface area contributed by atoms with Crippen LogP contribution in [0.3, 0.4) is 0 Å². The van der Waals surface area contributed by atoms with Gasteiger partial charge in [-0.3, -0.25) is 18.9 Å². The molecule has 0 spiro atoms. The quantitative estimate of drug-likeness (QED) is 0.544. The molecule has 2 aromatic carbocycles. The number of ether oxygens (including phenoxy) is 2. The Morgan fingerprint density at radius 2 is 1.94 bits per heavy atom. The minimum Gasteiger partial charge on any atom is -0.495 e. The Labute approximate surface area is 195 Å². The third-order valence-electron chi connectivity index (χ3n) is 5.46. The molecule has 1 aliphatic rings. The van der Waals surface area contributed by atoms with Crippen LogP contribution in [0.1, 0.15) is 12.0 Å². The predicted octanol–water partition coefficient (Wildman–Crippen LogP) is 2.43. The van der Waals surface area contributed by atoms with E-state index in [1.54, 1.807) is 23.1 Å². The fraction of sp³-hybridized carbons (Fsp3) is 0.364. The van der Waals surface area contributed by atoms with Crippen LogP contribution >= 0.6 is 11.3 Å². The molecule has 33 heavy (non-hydrogen) atoms. The summed E-state index contributed by atoms with van der Waals surface area (Å²) in [4.78, 5) is 26.5. The molecule has 1 saturated heterocycles. The molecule has 2 heterocycles. The third kappa shape index (κ3) is 5.05. The van der Waals surface area contributed by atoms with Crippen LogP contribution in [0.15, 0.2) is 46.1 Å². The Hall–Kier alpha value is -2.89. The van der Waals surface area contributed by atoms with Crippen LogP contribution in [0.25, 0.3) is 10.2 Å². The van der Waals surface area contributed by atoms with Gasteiger partial charge in [0.25, 0.3) is 10.0 Å². The Balaban J connectivity index is 1.56. The molecule has 0 saturated carbocycles. The first-order chi connectivity index (χ1) is 15.8. The van der Waals surface area contributed by atoms with E-state index in [2.05, 4.69) is 4.72 Å². The first kappa shape index (κ1) is 23.3. The van der Waals surface area contributed by atoms with Crippen LogP contribution in [0.2, 0.25) is 0 Å². The van der Waals surface area contributed by atoms with Gasteiger partial charge in [-0.15, -0.1) is 0 Å². The Bertz CT molecular complexity index is 1340. The summed E-state index contributed by atoms with van der Waals surface area (Å²) in [5, 5.41) is 0. The SMILES string of the molecule is COc1ccc(C)cc1NS(=O)(=O)c1ccc2c(c1)sc(=O)n2CCC(=O)N1CCOCC1. The molecular formula is C22H25N3O6S2. The number of fused-ring (bicyclic) bond motifs is 1. The van der Waals surface area contributed by atoms with Crippen LogP contribution in [-0.4, -0.2) is 57.2 Å². The second-order valence-electron chi connectivity index (χ2n) is 7.70. The van der Waals surface area contributed by atoms with E-state index >= 15 is 0 Å². The lowest BCUT2D eigenvalue weighted by Gasteiger charge is -2.26. The molecule has 0 atom stereocenters. The van der Waals surface area contributed by atoms with Crippen molar-refractivity contribution in [2.24, 2.45) is 0 Å². The van der Waals surface area contributed by atoms with Gasteiger partial charge >= 0.3 is 4.87 Å². The summed E-state index contributed by atoms with van der Waals surface area (Å²) in [5.74, 6) is 0.381. The van der Waals surface area contributed by atoms with Gasteiger partial charge < -0.3 is 14.4 Å². The summed E-state index contributed by atoms with van der Waals surface area (Å²) in [6.45, 7) is 4.24. The highest BCUT2D eigenvalue weighted by Gasteiger charge is 2.20. The standard InChI is InChI=1S/C22H25N3O6S2/c1-15-3-6-19(30-2)17(13-15)23-33(28,29)16-4-5-18-20(14-16)32-22(27)25(18)8-7-21(26)24-9-11-31-12-10-24/h3-6,13-14,23H,7-12H2,1-2H3. The summed E-state index contributed by atoms with van der Waals surface area (Å²) >= 11 is 0.958. The van der Waals surface area contributed by atoms with E-state index in [0.29, 0.717) is 48.0 Å². The van der Waals surface area contributed by atoms with E-state index in [-0.39, 0.29) is 28.6 Å². The van der Waals surface area contributed by atoms with Gasteiger partial charge in [-0.25, -0.2) is 8.42 Å². The van der Waals surface area contributed by atoms with Gasteiger partial charge in [0.1, 0.15) is 5.75 Å². The summed E-state index contributed by atoms with van der Waals surface area (Å²) in [6, 6.07) is 9.75. The maximum atomic E-state index is 13.0. The monoisotopic (exact) mass is 491 g/mol. The lowest BCUT2D eigenvalue weighted by atomic mass is 10.2. The summed E-state index contributed by atoms with van der Waals surface area (Å²) in [5.41, 5.74) is 1.82. The van der Waals surface area contributed by atoms with Crippen molar-refractivity contribution in [3.63, 3.8) is 0 Å². The van der Waals surface area contributed by atoms with Crippen molar-refractivity contribution in [2.75, 3.05) is 38.1 Å². The number of carbonyl (C=O) groups is 1. The second-order valence-corrected chi connectivity index (χ2v) is 10.4. The van der Waals surface area contributed by atoms with Crippen molar-refractivity contribution in [1.82, 2.24) is 9.47 Å². The number of nitrogens with one attached hydrogen (secondary N) is 1. The minimum absolute atomic E-state index is 0.0277. The van der Waals surface area contributed by atoms with E-state index in [4.69, 9.17) is 9.47 Å². The van der Waals surface area contributed by atoms with Crippen LogP contribution in [-0.2, 0) is 26.1 Å². The Kier molecular flexibility index (Phi) is 6.73. The largest absolute Gasteiger partial charge is 0.495 e. The van der Waals surface area contributed by atoms with Crippen LogP contribution in [0.4, 0.5) is 5.69 Å². The molecule has 0 bridgehead atoms. The zero-order valence-corrected chi connectivity index (χ0v) is 20.0. The highest BCUT2D eigenvalue weighted by atomic mass is 32.2.